The summed E-state index contributed by atoms with van der Waals surface area (Å²) in [5.74, 6) is -0.0263. The van der Waals surface area contributed by atoms with Crippen LogP contribution in [0.15, 0.2) is 41.3 Å². The molecule has 31 heavy (non-hydrogen) atoms. The molecule has 0 saturated carbocycles. The minimum atomic E-state index is -3.10. The number of rotatable bonds is 7. The zero-order chi connectivity index (χ0) is 22.6. The predicted octanol–water partition coefficient (Wildman–Crippen LogP) is 3.33. The van der Waals surface area contributed by atoms with Crippen molar-refractivity contribution in [2.75, 3.05) is 39.0 Å². The third-order valence-electron chi connectivity index (χ3n) is 5.79. The Labute approximate surface area is 186 Å². The second-order valence-corrected chi connectivity index (χ2v) is 10.8. The number of carbonyl (C=O) groups excluding carboxylic acids is 1. The van der Waals surface area contributed by atoms with E-state index in [4.69, 9.17) is 0 Å². The summed E-state index contributed by atoms with van der Waals surface area (Å²) in [5, 5.41) is 2.95. The lowest BCUT2D eigenvalue weighted by Gasteiger charge is -2.32. The molecule has 6 nitrogen and oxygen atoms in total. The van der Waals surface area contributed by atoms with Gasteiger partial charge in [0.2, 0.25) is 10.2 Å². The van der Waals surface area contributed by atoms with E-state index in [-0.39, 0.29) is 18.2 Å². The van der Waals surface area contributed by atoms with Gasteiger partial charge in [-0.3, -0.25) is 9.69 Å². The third kappa shape index (κ3) is 6.23. The van der Waals surface area contributed by atoms with Crippen LogP contribution < -0.4 is 5.32 Å². The van der Waals surface area contributed by atoms with Gasteiger partial charge in [0.05, 0.1) is 0 Å². The van der Waals surface area contributed by atoms with E-state index < -0.39 is 10.2 Å². The second-order valence-electron chi connectivity index (χ2n) is 8.51. The van der Waals surface area contributed by atoms with Gasteiger partial charge in [0.25, 0.3) is 5.91 Å². The molecule has 1 atom stereocenters. The highest BCUT2D eigenvalue weighted by atomic mass is 32.3. The molecule has 1 aliphatic rings. The topological polar surface area (TPSA) is 72.9 Å². The lowest BCUT2D eigenvalue weighted by Crippen LogP contribution is -2.43. The van der Waals surface area contributed by atoms with E-state index in [2.05, 4.69) is 28.2 Å². The van der Waals surface area contributed by atoms with Crippen molar-refractivity contribution in [3.05, 3.63) is 64.2 Å². The number of likely N-dealkylation sites (N-methyl/N-ethyl adjacent to an activating group) is 1. The Morgan fingerprint density at radius 2 is 1.77 bits per heavy atom. The lowest BCUT2D eigenvalue weighted by atomic mass is 10.0. The number of benzene rings is 2. The molecule has 1 amide bonds. The van der Waals surface area contributed by atoms with Gasteiger partial charge in [-0.05, 0) is 57.6 Å². The van der Waals surface area contributed by atoms with Gasteiger partial charge in [-0.2, -0.15) is 4.55 Å². The van der Waals surface area contributed by atoms with Gasteiger partial charge in [-0.15, -0.1) is 0 Å². The van der Waals surface area contributed by atoms with Crippen LogP contribution in [0.2, 0.25) is 0 Å². The maximum Gasteiger partial charge on any atom is 0.251 e. The van der Waals surface area contributed by atoms with E-state index in [0.29, 0.717) is 16.0 Å². The van der Waals surface area contributed by atoms with Crippen molar-refractivity contribution in [3.63, 3.8) is 0 Å². The van der Waals surface area contributed by atoms with E-state index in [1.807, 2.05) is 38.1 Å². The first-order chi connectivity index (χ1) is 14.7. The molecule has 1 saturated heterocycles. The van der Waals surface area contributed by atoms with Crippen molar-refractivity contribution in [1.82, 2.24) is 15.1 Å². The maximum absolute atomic E-state index is 12.9. The number of hydrogen-bond donors (Lipinski definition) is 2. The van der Waals surface area contributed by atoms with Gasteiger partial charge < -0.3 is 10.2 Å². The summed E-state index contributed by atoms with van der Waals surface area (Å²) in [6.45, 7) is 10.9. The molecule has 0 bridgehead atoms. The summed E-state index contributed by atoms with van der Waals surface area (Å²) in [6, 6.07) is 11.4. The van der Waals surface area contributed by atoms with Crippen LogP contribution in [0.1, 0.15) is 39.5 Å². The highest BCUT2D eigenvalue weighted by Crippen LogP contribution is 2.23. The van der Waals surface area contributed by atoms with Crippen LogP contribution in [-0.2, 0) is 27.5 Å². The second kappa shape index (κ2) is 10.0. The summed E-state index contributed by atoms with van der Waals surface area (Å²) < 4.78 is 22.8. The molecule has 168 valence electrons. The summed E-state index contributed by atoms with van der Waals surface area (Å²) >= 11 is 0. The molecule has 0 aromatic heterocycles. The lowest BCUT2D eigenvalue weighted by molar-refractivity contribution is 0.0950. The van der Waals surface area contributed by atoms with E-state index >= 15 is 0 Å². The molecule has 2 aromatic carbocycles. The zero-order valence-electron chi connectivity index (χ0n) is 19.0. The van der Waals surface area contributed by atoms with Gasteiger partial charge in [-0.1, -0.05) is 27.5 Å². The van der Waals surface area contributed by atoms with Gasteiger partial charge in [-0.25, -0.2) is 0 Å². The quantitative estimate of drug-likeness (QED) is 0.641. The molecule has 1 aliphatic heterocycles. The number of piperazine rings is 1. The van der Waals surface area contributed by atoms with Crippen molar-refractivity contribution in [3.8, 4) is 0 Å². The third-order valence-corrected chi connectivity index (χ3v) is 7.66. The van der Waals surface area contributed by atoms with Crippen LogP contribution in [0.5, 0.6) is 0 Å². The number of carbonyl (C=O) groups is 1. The standard InChI is InChI=1S/C24H33N3O3S/c1-5-31(29,30)23-7-6-18(2)13-22(23)16-25-24(28)21-14-19(3)12-20(15-21)17-27-10-8-26(4)9-11-27/h6-7,12-15H,5,8-11,16-17H2,1-4H3,(H-,25,28,29,30)/p+1. The fourth-order valence-electron chi connectivity index (χ4n) is 3.94. The smallest absolute Gasteiger partial charge is 0.251 e. The van der Waals surface area contributed by atoms with Crippen molar-refractivity contribution < 1.29 is 13.6 Å². The molecule has 0 spiro atoms. The molecule has 7 heteroatoms. The molecule has 0 aliphatic carbocycles. The van der Waals surface area contributed by atoms with Crippen molar-refractivity contribution >= 4 is 16.1 Å². The maximum atomic E-state index is 12.9. The van der Waals surface area contributed by atoms with E-state index in [0.717, 1.165) is 49.4 Å². The first-order valence-corrected chi connectivity index (χ1v) is 12.5. The van der Waals surface area contributed by atoms with Gasteiger partial charge in [0.1, 0.15) is 5.75 Å². The Hall–Kier alpha value is -2.06. The summed E-state index contributed by atoms with van der Waals surface area (Å²) in [7, 11) is -0.962. The van der Waals surface area contributed by atoms with Gasteiger partial charge in [0.15, 0.2) is 4.90 Å². The monoisotopic (exact) mass is 444 g/mol. The molecule has 2 aromatic rings. The minimum absolute atomic E-state index is 0.143. The minimum Gasteiger partial charge on any atom is -0.348 e. The Balaban J connectivity index is 1.72. The van der Waals surface area contributed by atoms with Crippen LogP contribution in [-0.4, -0.2) is 59.2 Å². The molecular formula is C24H34N3O3S+. The SMILES string of the molecule is CC[S+](=O)(O)c1ccc(C)cc1CNC(=O)c1cc(C)cc(CN2CCN(C)CC2)c1. The zero-order valence-corrected chi connectivity index (χ0v) is 19.8. The van der Waals surface area contributed by atoms with Crippen LogP contribution >= 0.6 is 0 Å². The fourth-order valence-corrected chi connectivity index (χ4v) is 5.07. The van der Waals surface area contributed by atoms with Crippen molar-refractivity contribution in [1.29, 1.82) is 0 Å². The molecule has 1 unspecified atom stereocenters. The molecule has 1 fully saturated rings. The molecule has 0 radical (unpaired) electrons. The summed E-state index contributed by atoms with van der Waals surface area (Å²) in [4.78, 5) is 18.1. The molecular weight excluding hydrogens is 410 g/mol. The van der Waals surface area contributed by atoms with Gasteiger partial charge >= 0.3 is 0 Å². The molecule has 1 heterocycles. The highest BCUT2D eigenvalue weighted by Gasteiger charge is 2.29. The number of amides is 1. The van der Waals surface area contributed by atoms with Crippen LogP contribution in [0.4, 0.5) is 0 Å². The van der Waals surface area contributed by atoms with E-state index in [1.165, 1.54) is 0 Å². The van der Waals surface area contributed by atoms with E-state index in [1.54, 1.807) is 13.0 Å². The van der Waals surface area contributed by atoms with Crippen molar-refractivity contribution in [2.24, 2.45) is 0 Å². The first kappa shape index (κ1) is 23.6. The number of nitrogens with zero attached hydrogens (tertiary/aromatic N) is 2. The van der Waals surface area contributed by atoms with Crippen LogP contribution in [0.25, 0.3) is 0 Å². The molecule has 3 rings (SSSR count). The number of aryl methyl sites for hydroxylation is 2. The average Bonchev–Trinajstić information content (AvgIpc) is 2.73. The predicted molar refractivity (Wildman–Crippen MR) is 126 cm³/mol. The van der Waals surface area contributed by atoms with Gasteiger partial charge in [0, 0.05) is 50.4 Å². The van der Waals surface area contributed by atoms with Crippen LogP contribution in [0.3, 0.4) is 0 Å². The Kier molecular flexibility index (Phi) is 7.64. The largest absolute Gasteiger partial charge is 0.348 e. The van der Waals surface area contributed by atoms with E-state index in [9.17, 15) is 13.6 Å². The summed E-state index contributed by atoms with van der Waals surface area (Å²) in [5.41, 5.74) is 4.49. The normalized spacial score (nSPS) is 17.3. The number of nitrogens with one attached hydrogen (secondary N) is 1. The average molecular weight is 445 g/mol. The Bertz CT molecular complexity index is 984. The first-order valence-electron chi connectivity index (χ1n) is 10.8. The van der Waals surface area contributed by atoms with Crippen LogP contribution in [0, 0.1) is 13.8 Å². The Morgan fingerprint density at radius 1 is 1.06 bits per heavy atom. The number of hydrogen-bond acceptors (Lipinski definition) is 4. The highest BCUT2D eigenvalue weighted by molar-refractivity contribution is 7.97. The van der Waals surface area contributed by atoms with Crippen molar-refractivity contribution in [2.45, 2.75) is 38.8 Å². The Morgan fingerprint density at radius 3 is 2.45 bits per heavy atom. The fraction of sp³-hybridized carbons (Fsp3) is 0.458. The summed E-state index contributed by atoms with van der Waals surface area (Å²) in [6.07, 6.45) is 0. The molecule has 2 N–H and O–H groups in total.